The van der Waals surface area contributed by atoms with Gasteiger partial charge >= 0.3 is 0 Å². The van der Waals surface area contributed by atoms with E-state index in [2.05, 4.69) is 21.6 Å². The van der Waals surface area contributed by atoms with E-state index in [0.29, 0.717) is 5.02 Å². The van der Waals surface area contributed by atoms with Crippen LogP contribution in [-0.2, 0) is 0 Å². The number of imidazole rings is 1. The van der Waals surface area contributed by atoms with Gasteiger partial charge in [0.25, 0.3) is 0 Å². The topological polar surface area (TPSA) is 38.6 Å². The third-order valence-electron chi connectivity index (χ3n) is 4.50. The van der Waals surface area contributed by atoms with Gasteiger partial charge in [-0.3, -0.25) is 4.40 Å². The number of rotatable bonds is 3. The SMILES string of the molecule is Cc1cc(Cl)cc(-c2cnc3ccccn23)c1OC1CCNCC1. The Balaban J connectivity index is 1.81. The highest BCUT2D eigenvalue weighted by atomic mass is 35.5. The van der Waals surface area contributed by atoms with E-state index < -0.39 is 0 Å². The van der Waals surface area contributed by atoms with Gasteiger partial charge in [-0.25, -0.2) is 4.98 Å². The lowest BCUT2D eigenvalue weighted by atomic mass is 10.1. The Kier molecular flexibility index (Phi) is 4.17. The van der Waals surface area contributed by atoms with Crippen molar-refractivity contribution in [2.75, 3.05) is 13.1 Å². The van der Waals surface area contributed by atoms with Crippen LogP contribution in [0.15, 0.2) is 42.7 Å². The van der Waals surface area contributed by atoms with Gasteiger partial charge in [0.1, 0.15) is 17.5 Å². The van der Waals surface area contributed by atoms with E-state index in [1.54, 1.807) is 0 Å². The summed E-state index contributed by atoms with van der Waals surface area (Å²) in [5.74, 6) is 0.914. The number of hydrogen-bond donors (Lipinski definition) is 1. The average Bonchev–Trinajstić information content (AvgIpc) is 3.02. The Hall–Kier alpha value is -2.04. The zero-order chi connectivity index (χ0) is 16.5. The highest BCUT2D eigenvalue weighted by molar-refractivity contribution is 6.31. The van der Waals surface area contributed by atoms with Gasteiger partial charge in [0, 0.05) is 16.8 Å². The first kappa shape index (κ1) is 15.5. The standard InChI is InChI=1S/C19H20ClN3O/c1-13-10-14(20)11-16(19(13)24-15-5-7-21-8-6-15)17-12-22-18-4-2-3-9-23(17)18/h2-4,9-12,15,21H,5-8H2,1H3. The zero-order valence-corrected chi connectivity index (χ0v) is 14.4. The number of pyridine rings is 1. The monoisotopic (exact) mass is 341 g/mol. The van der Waals surface area contributed by atoms with E-state index in [-0.39, 0.29) is 6.10 Å². The fourth-order valence-corrected chi connectivity index (χ4v) is 3.56. The summed E-state index contributed by atoms with van der Waals surface area (Å²) in [6.07, 6.45) is 6.19. The maximum atomic E-state index is 6.41. The molecular formula is C19H20ClN3O. The largest absolute Gasteiger partial charge is 0.489 e. The number of piperidine rings is 1. The molecule has 0 bridgehead atoms. The maximum Gasteiger partial charge on any atom is 0.137 e. The molecule has 3 aromatic rings. The third-order valence-corrected chi connectivity index (χ3v) is 4.72. The first-order valence-corrected chi connectivity index (χ1v) is 8.70. The van der Waals surface area contributed by atoms with E-state index in [9.17, 15) is 0 Å². The summed E-state index contributed by atoms with van der Waals surface area (Å²) in [7, 11) is 0. The number of hydrogen-bond acceptors (Lipinski definition) is 3. The number of nitrogens with zero attached hydrogens (tertiary/aromatic N) is 2. The molecule has 1 saturated heterocycles. The summed E-state index contributed by atoms with van der Waals surface area (Å²) in [5, 5.41) is 4.09. The first-order chi connectivity index (χ1) is 11.7. The van der Waals surface area contributed by atoms with Gasteiger partial charge in [-0.15, -0.1) is 0 Å². The Morgan fingerprint density at radius 2 is 2.08 bits per heavy atom. The van der Waals surface area contributed by atoms with Crippen molar-refractivity contribution in [3.8, 4) is 17.0 Å². The smallest absolute Gasteiger partial charge is 0.137 e. The molecule has 0 radical (unpaired) electrons. The minimum absolute atomic E-state index is 0.240. The molecule has 0 unspecified atom stereocenters. The fraction of sp³-hybridized carbons (Fsp3) is 0.316. The van der Waals surface area contributed by atoms with Gasteiger partial charge in [-0.05, 0) is 62.7 Å². The predicted octanol–water partition coefficient (Wildman–Crippen LogP) is 4.09. The Labute approximate surface area is 146 Å². The van der Waals surface area contributed by atoms with E-state index in [1.165, 1.54) is 0 Å². The summed E-state index contributed by atoms with van der Waals surface area (Å²) in [5.41, 5.74) is 3.97. The molecule has 4 nitrogen and oxygen atoms in total. The number of fused-ring (bicyclic) bond motifs is 1. The average molecular weight is 342 g/mol. The maximum absolute atomic E-state index is 6.41. The summed E-state index contributed by atoms with van der Waals surface area (Å²) in [4.78, 5) is 4.50. The van der Waals surface area contributed by atoms with Gasteiger partial charge in [0.15, 0.2) is 0 Å². The molecule has 0 atom stereocenters. The summed E-state index contributed by atoms with van der Waals surface area (Å²) in [6, 6.07) is 9.92. The summed E-state index contributed by atoms with van der Waals surface area (Å²) in [6.45, 7) is 4.06. The lowest BCUT2D eigenvalue weighted by molar-refractivity contribution is 0.162. The van der Waals surface area contributed by atoms with Gasteiger partial charge in [0.2, 0.25) is 0 Å². The molecule has 4 rings (SSSR count). The van der Waals surface area contributed by atoms with Gasteiger partial charge in [-0.1, -0.05) is 17.7 Å². The third kappa shape index (κ3) is 2.87. The summed E-state index contributed by atoms with van der Waals surface area (Å²) < 4.78 is 8.48. The molecule has 5 heteroatoms. The lowest BCUT2D eigenvalue weighted by Crippen LogP contribution is -2.34. The quantitative estimate of drug-likeness (QED) is 0.779. The Bertz CT molecular complexity index is 868. The molecule has 1 fully saturated rings. The molecule has 0 amide bonds. The highest BCUT2D eigenvalue weighted by Crippen LogP contribution is 2.37. The molecule has 1 aromatic carbocycles. The molecule has 124 valence electrons. The van der Waals surface area contributed by atoms with Crippen LogP contribution < -0.4 is 10.1 Å². The van der Waals surface area contributed by atoms with Crippen molar-refractivity contribution in [2.24, 2.45) is 0 Å². The Morgan fingerprint density at radius 1 is 1.25 bits per heavy atom. The molecule has 0 aliphatic carbocycles. The van der Waals surface area contributed by atoms with Crippen LogP contribution in [0, 0.1) is 6.92 Å². The minimum atomic E-state index is 0.240. The van der Waals surface area contributed by atoms with Crippen molar-refractivity contribution in [1.82, 2.24) is 14.7 Å². The molecule has 1 aliphatic heterocycles. The molecule has 3 heterocycles. The number of aromatic nitrogens is 2. The zero-order valence-electron chi connectivity index (χ0n) is 13.6. The van der Waals surface area contributed by atoms with Crippen molar-refractivity contribution in [3.63, 3.8) is 0 Å². The van der Waals surface area contributed by atoms with Crippen molar-refractivity contribution in [1.29, 1.82) is 0 Å². The van der Waals surface area contributed by atoms with Crippen LogP contribution in [0.2, 0.25) is 5.02 Å². The van der Waals surface area contributed by atoms with Gasteiger partial charge in [-0.2, -0.15) is 0 Å². The van der Waals surface area contributed by atoms with E-state index in [1.807, 2.05) is 42.7 Å². The van der Waals surface area contributed by atoms with Crippen LogP contribution in [0.3, 0.4) is 0 Å². The van der Waals surface area contributed by atoms with Crippen LogP contribution in [-0.4, -0.2) is 28.6 Å². The van der Waals surface area contributed by atoms with Crippen LogP contribution in [0.4, 0.5) is 0 Å². The molecule has 1 N–H and O–H groups in total. The molecule has 24 heavy (non-hydrogen) atoms. The molecule has 1 aliphatic rings. The van der Waals surface area contributed by atoms with E-state index >= 15 is 0 Å². The van der Waals surface area contributed by atoms with Gasteiger partial charge in [0.05, 0.1) is 11.9 Å². The molecule has 2 aromatic heterocycles. The fourth-order valence-electron chi connectivity index (χ4n) is 3.29. The lowest BCUT2D eigenvalue weighted by Gasteiger charge is -2.26. The second-order valence-electron chi connectivity index (χ2n) is 6.24. The van der Waals surface area contributed by atoms with Crippen molar-refractivity contribution in [3.05, 3.63) is 53.3 Å². The summed E-state index contributed by atoms with van der Waals surface area (Å²) >= 11 is 6.34. The van der Waals surface area contributed by atoms with Crippen LogP contribution in [0.5, 0.6) is 5.75 Å². The van der Waals surface area contributed by atoms with Crippen molar-refractivity contribution >= 4 is 17.2 Å². The molecular weight excluding hydrogens is 322 g/mol. The van der Waals surface area contributed by atoms with Crippen molar-refractivity contribution < 1.29 is 4.74 Å². The second kappa shape index (κ2) is 6.46. The minimum Gasteiger partial charge on any atom is -0.489 e. The van der Waals surface area contributed by atoms with Crippen LogP contribution >= 0.6 is 11.6 Å². The number of ether oxygens (including phenoxy) is 1. The van der Waals surface area contributed by atoms with E-state index in [4.69, 9.17) is 16.3 Å². The van der Waals surface area contributed by atoms with Gasteiger partial charge < -0.3 is 10.1 Å². The normalized spacial score (nSPS) is 15.8. The second-order valence-corrected chi connectivity index (χ2v) is 6.68. The Morgan fingerprint density at radius 3 is 2.92 bits per heavy atom. The molecule has 0 spiro atoms. The van der Waals surface area contributed by atoms with E-state index in [0.717, 1.165) is 54.1 Å². The van der Waals surface area contributed by atoms with Crippen LogP contribution in [0.25, 0.3) is 16.9 Å². The highest BCUT2D eigenvalue weighted by Gasteiger charge is 2.20. The van der Waals surface area contributed by atoms with Crippen molar-refractivity contribution in [2.45, 2.75) is 25.9 Å². The number of benzene rings is 1. The number of halogens is 1. The molecule has 0 saturated carbocycles. The number of aryl methyl sites for hydroxylation is 1. The number of nitrogens with one attached hydrogen (secondary N) is 1. The predicted molar refractivity (Wildman–Crippen MR) is 96.9 cm³/mol. The first-order valence-electron chi connectivity index (χ1n) is 8.32. The van der Waals surface area contributed by atoms with Crippen LogP contribution in [0.1, 0.15) is 18.4 Å².